The summed E-state index contributed by atoms with van der Waals surface area (Å²) in [7, 11) is -2.96. The quantitative estimate of drug-likeness (QED) is 0.671. The predicted octanol–water partition coefficient (Wildman–Crippen LogP) is 5.61. The van der Waals surface area contributed by atoms with E-state index in [2.05, 4.69) is 26.0 Å². The molecule has 0 saturated heterocycles. The molecule has 0 amide bonds. The molecule has 2 aromatic carbocycles. The molecular weight excluding hydrogens is 293 g/mol. The van der Waals surface area contributed by atoms with Crippen LogP contribution in [0.4, 0.5) is 11.4 Å². The zero-order chi connectivity index (χ0) is 16.3. The highest BCUT2D eigenvalue weighted by Gasteiger charge is 2.28. The molecular formula is C18H24NO2P. The van der Waals surface area contributed by atoms with Crippen molar-refractivity contribution in [2.24, 2.45) is 0 Å². The van der Waals surface area contributed by atoms with Gasteiger partial charge >= 0.3 is 0 Å². The number of hydrogen-bond acceptors (Lipinski definition) is 2. The Morgan fingerprint density at radius 1 is 0.955 bits per heavy atom. The molecule has 0 bridgehead atoms. The van der Waals surface area contributed by atoms with Gasteiger partial charge < -0.3 is 4.52 Å². The van der Waals surface area contributed by atoms with Crippen molar-refractivity contribution in [1.82, 2.24) is 0 Å². The zero-order valence-electron chi connectivity index (χ0n) is 14.0. The summed E-state index contributed by atoms with van der Waals surface area (Å²) in [4.78, 5) is 0. The number of benzene rings is 2. The first-order chi connectivity index (χ1) is 10.3. The van der Waals surface area contributed by atoms with Gasteiger partial charge in [0.15, 0.2) is 0 Å². The van der Waals surface area contributed by atoms with Crippen LogP contribution in [0.15, 0.2) is 42.5 Å². The smallest absolute Gasteiger partial charge is 0.297 e. The lowest BCUT2D eigenvalue weighted by molar-refractivity contribution is 0.337. The summed E-state index contributed by atoms with van der Waals surface area (Å²) in [5.41, 5.74) is 5.34. The third kappa shape index (κ3) is 3.60. The molecule has 1 atom stereocenters. The summed E-state index contributed by atoms with van der Waals surface area (Å²) >= 11 is 0. The fourth-order valence-corrected chi connectivity index (χ4v) is 4.10. The molecule has 2 rings (SSSR count). The Balaban J connectivity index is 2.56. The molecule has 0 aliphatic heterocycles. The van der Waals surface area contributed by atoms with Crippen molar-refractivity contribution in [3.8, 4) is 0 Å². The maximum Gasteiger partial charge on any atom is 0.297 e. The van der Waals surface area contributed by atoms with E-state index in [1.165, 1.54) is 16.7 Å². The normalized spacial score (nSPS) is 13.7. The van der Waals surface area contributed by atoms with E-state index in [4.69, 9.17) is 4.52 Å². The SMILES string of the molecule is CCOP(C)(=O)N(c1ccc(C)cc1)c1ccc(C)c(C)c1. The van der Waals surface area contributed by atoms with Crippen molar-refractivity contribution < 1.29 is 9.09 Å². The molecule has 118 valence electrons. The summed E-state index contributed by atoms with van der Waals surface area (Å²) in [6.45, 7) is 10.1. The maximum absolute atomic E-state index is 13.1. The minimum absolute atomic E-state index is 0.418. The van der Waals surface area contributed by atoms with Crippen LogP contribution in [-0.4, -0.2) is 13.3 Å². The Morgan fingerprint density at radius 3 is 2.09 bits per heavy atom. The van der Waals surface area contributed by atoms with E-state index >= 15 is 0 Å². The molecule has 22 heavy (non-hydrogen) atoms. The maximum atomic E-state index is 13.1. The molecule has 0 heterocycles. The van der Waals surface area contributed by atoms with Crippen LogP contribution in [0, 0.1) is 20.8 Å². The average molecular weight is 317 g/mol. The standard InChI is InChI=1S/C18H24NO2P/c1-6-21-22(5,20)19(17-10-7-14(2)8-11-17)18-12-9-15(3)16(4)13-18/h7-13H,6H2,1-5H3. The second-order valence-corrected chi connectivity index (χ2v) is 7.90. The minimum atomic E-state index is -2.96. The van der Waals surface area contributed by atoms with Crippen molar-refractivity contribution in [3.05, 3.63) is 59.2 Å². The fraction of sp³-hybridized carbons (Fsp3) is 0.333. The molecule has 0 spiro atoms. The summed E-state index contributed by atoms with van der Waals surface area (Å²) in [5.74, 6) is 0. The van der Waals surface area contributed by atoms with E-state index in [0.717, 1.165) is 11.4 Å². The Bertz CT molecular complexity index is 695. The van der Waals surface area contributed by atoms with E-state index in [1.54, 1.807) is 6.66 Å². The van der Waals surface area contributed by atoms with Gasteiger partial charge in [0.05, 0.1) is 6.61 Å². The van der Waals surface area contributed by atoms with Crippen LogP contribution in [-0.2, 0) is 9.09 Å². The largest absolute Gasteiger partial charge is 0.314 e. The highest BCUT2D eigenvalue weighted by Crippen LogP contribution is 2.54. The van der Waals surface area contributed by atoms with Gasteiger partial charge in [-0.25, -0.2) is 0 Å². The van der Waals surface area contributed by atoms with Crippen LogP contribution in [0.2, 0.25) is 0 Å². The molecule has 1 unspecified atom stereocenters. The number of nitrogens with zero attached hydrogens (tertiary/aromatic N) is 1. The summed E-state index contributed by atoms with van der Waals surface area (Å²) < 4.78 is 20.5. The molecule has 0 aliphatic carbocycles. The van der Waals surface area contributed by atoms with Gasteiger partial charge in [0.25, 0.3) is 7.52 Å². The highest BCUT2D eigenvalue weighted by atomic mass is 31.2. The molecule has 0 fully saturated rings. The third-order valence-corrected chi connectivity index (χ3v) is 5.67. The van der Waals surface area contributed by atoms with Crippen LogP contribution in [0.25, 0.3) is 0 Å². The van der Waals surface area contributed by atoms with Crippen LogP contribution in [0.3, 0.4) is 0 Å². The number of aryl methyl sites for hydroxylation is 3. The first-order valence-corrected chi connectivity index (χ1v) is 9.54. The topological polar surface area (TPSA) is 29.5 Å². The van der Waals surface area contributed by atoms with E-state index in [9.17, 15) is 4.57 Å². The Labute approximate surface area is 133 Å². The van der Waals surface area contributed by atoms with Gasteiger partial charge in [0.1, 0.15) is 0 Å². The van der Waals surface area contributed by atoms with Gasteiger partial charge in [0.2, 0.25) is 0 Å². The van der Waals surface area contributed by atoms with Gasteiger partial charge in [-0.15, -0.1) is 0 Å². The van der Waals surface area contributed by atoms with Gasteiger partial charge in [-0.05, 0) is 63.1 Å². The van der Waals surface area contributed by atoms with Crippen LogP contribution < -0.4 is 4.67 Å². The Morgan fingerprint density at radius 2 is 1.55 bits per heavy atom. The molecule has 0 N–H and O–H groups in total. The second kappa shape index (κ2) is 6.68. The minimum Gasteiger partial charge on any atom is -0.314 e. The number of rotatable bonds is 5. The van der Waals surface area contributed by atoms with Gasteiger partial charge in [-0.1, -0.05) is 23.8 Å². The van der Waals surface area contributed by atoms with E-state index in [1.807, 2.05) is 48.8 Å². The van der Waals surface area contributed by atoms with Crippen LogP contribution in [0.5, 0.6) is 0 Å². The monoisotopic (exact) mass is 317 g/mol. The van der Waals surface area contributed by atoms with Gasteiger partial charge in [0, 0.05) is 18.0 Å². The van der Waals surface area contributed by atoms with Crippen molar-refractivity contribution in [1.29, 1.82) is 0 Å². The van der Waals surface area contributed by atoms with Crippen LogP contribution in [0.1, 0.15) is 23.6 Å². The van der Waals surface area contributed by atoms with Crippen molar-refractivity contribution in [3.63, 3.8) is 0 Å². The Kier molecular flexibility index (Phi) is 5.10. The lowest BCUT2D eigenvalue weighted by atomic mass is 10.1. The molecule has 0 radical (unpaired) electrons. The molecule has 0 aromatic heterocycles. The zero-order valence-corrected chi connectivity index (χ0v) is 14.9. The van der Waals surface area contributed by atoms with Gasteiger partial charge in [-0.3, -0.25) is 9.24 Å². The van der Waals surface area contributed by atoms with Crippen molar-refractivity contribution >= 4 is 18.9 Å². The third-order valence-electron chi connectivity index (χ3n) is 3.75. The van der Waals surface area contributed by atoms with Crippen molar-refractivity contribution in [2.75, 3.05) is 17.9 Å². The summed E-state index contributed by atoms with van der Waals surface area (Å²) in [5, 5.41) is 0. The first-order valence-electron chi connectivity index (χ1n) is 7.51. The predicted molar refractivity (Wildman–Crippen MR) is 94.4 cm³/mol. The molecule has 2 aromatic rings. The fourth-order valence-electron chi connectivity index (χ4n) is 2.41. The Hall–Kier alpha value is -1.57. The summed E-state index contributed by atoms with van der Waals surface area (Å²) in [6, 6.07) is 14.1. The van der Waals surface area contributed by atoms with E-state index < -0.39 is 7.52 Å². The average Bonchev–Trinajstić information content (AvgIpc) is 2.45. The molecule has 3 nitrogen and oxygen atoms in total. The van der Waals surface area contributed by atoms with Crippen LogP contribution >= 0.6 is 7.52 Å². The highest BCUT2D eigenvalue weighted by molar-refractivity contribution is 7.60. The lowest BCUT2D eigenvalue weighted by Gasteiger charge is -2.31. The van der Waals surface area contributed by atoms with E-state index in [0.29, 0.717) is 6.61 Å². The molecule has 0 saturated carbocycles. The number of hydrogen-bond donors (Lipinski definition) is 0. The molecule has 0 aliphatic rings. The summed E-state index contributed by atoms with van der Waals surface area (Å²) in [6.07, 6.45) is 0. The van der Waals surface area contributed by atoms with Crippen molar-refractivity contribution in [2.45, 2.75) is 27.7 Å². The van der Waals surface area contributed by atoms with Gasteiger partial charge in [-0.2, -0.15) is 0 Å². The van der Waals surface area contributed by atoms with E-state index in [-0.39, 0.29) is 0 Å². The first kappa shape index (κ1) is 16.8. The second-order valence-electron chi connectivity index (χ2n) is 5.64. The lowest BCUT2D eigenvalue weighted by Crippen LogP contribution is -2.15. The molecule has 4 heteroatoms. The number of anilines is 2.